The zero-order valence-electron chi connectivity index (χ0n) is 19.3. The standard InChI is InChI=1S/C25H27N3O5S/c1-4-16-7-9-17(10-8-16)26-23(29)11-12-24(30)27-18-14-21(33-3)19(15-20(18)32-2)28-25(31)22-6-5-13-34-22/h5-10,13-15H,4,11-12H2,1-3H3,(H,26,29)(H,27,30)(H,28,31). The Morgan fingerprint density at radius 3 is 1.94 bits per heavy atom. The molecule has 3 aromatic rings. The van der Waals surface area contributed by atoms with Gasteiger partial charge in [0, 0.05) is 30.7 Å². The summed E-state index contributed by atoms with van der Waals surface area (Å²) in [6.07, 6.45) is 0.932. The second-order valence-electron chi connectivity index (χ2n) is 7.33. The topological polar surface area (TPSA) is 106 Å². The highest BCUT2D eigenvalue weighted by molar-refractivity contribution is 7.12. The van der Waals surface area contributed by atoms with Gasteiger partial charge in [-0.2, -0.15) is 0 Å². The van der Waals surface area contributed by atoms with Crippen molar-refractivity contribution in [2.24, 2.45) is 0 Å². The molecule has 3 amide bonds. The summed E-state index contributed by atoms with van der Waals surface area (Å²) < 4.78 is 10.8. The maximum absolute atomic E-state index is 12.5. The monoisotopic (exact) mass is 481 g/mol. The van der Waals surface area contributed by atoms with Gasteiger partial charge in [-0.3, -0.25) is 14.4 Å². The van der Waals surface area contributed by atoms with Gasteiger partial charge in [0.2, 0.25) is 11.8 Å². The van der Waals surface area contributed by atoms with Crippen LogP contribution < -0.4 is 25.4 Å². The van der Waals surface area contributed by atoms with E-state index in [0.29, 0.717) is 33.4 Å². The number of carbonyl (C=O) groups is 3. The van der Waals surface area contributed by atoms with Crippen molar-refractivity contribution in [3.63, 3.8) is 0 Å². The number of methoxy groups -OCH3 is 2. The van der Waals surface area contributed by atoms with Gasteiger partial charge in [-0.25, -0.2) is 0 Å². The van der Waals surface area contributed by atoms with Crippen LogP contribution in [0.5, 0.6) is 11.5 Å². The quantitative estimate of drug-likeness (QED) is 0.380. The summed E-state index contributed by atoms with van der Waals surface area (Å²) in [6, 6.07) is 14.2. The van der Waals surface area contributed by atoms with Gasteiger partial charge in [0.1, 0.15) is 11.5 Å². The number of hydrogen-bond acceptors (Lipinski definition) is 6. The summed E-state index contributed by atoms with van der Waals surface area (Å²) in [5.74, 6) is -0.185. The maximum atomic E-state index is 12.5. The van der Waals surface area contributed by atoms with E-state index in [1.807, 2.05) is 29.6 Å². The first-order valence-corrected chi connectivity index (χ1v) is 11.6. The maximum Gasteiger partial charge on any atom is 0.265 e. The Morgan fingerprint density at radius 2 is 1.41 bits per heavy atom. The van der Waals surface area contributed by atoms with E-state index in [2.05, 4.69) is 22.9 Å². The SMILES string of the molecule is CCc1ccc(NC(=O)CCC(=O)Nc2cc(OC)c(NC(=O)c3cccs3)cc2OC)cc1. The van der Waals surface area contributed by atoms with E-state index in [1.54, 1.807) is 24.3 Å². The Labute approximate surface area is 202 Å². The average Bonchev–Trinajstić information content (AvgIpc) is 3.39. The van der Waals surface area contributed by atoms with Crippen LogP contribution in [0.3, 0.4) is 0 Å². The molecule has 0 bridgehead atoms. The fourth-order valence-electron chi connectivity index (χ4n) is 3.17. The van der Waals surface area contributed by atoms with Crippen molar-refractivity contribution in [1.82, 2.24) is 0 Å². The Kier molecular flexibility index (Phi) is 8.64. The van der Waals surface area contributed by atoms with Gasteiger partial charge in [0.05, 0.1) is 30.5 Å². The number of anilines is 3. The van der Waals surface area contributed by atoms with Gasteiger partial charge >= 0.3 is 0 Å². The smallest absolute Gasteiger partial charge is 0.265 e. The summed E-state index contributed by atoms with van der Waals surface area (Å²) in [7, 11) is 2.92. The number of hydrogen-bond donors (Lipinski definition) is 3. The number of amides is 3. The first kappa shape index (κ1) is 24.8. The second-order valence-corrected chi connectivity index (χ2v) is 8.28. The van der Waals surface area contributed by atoms with E-state index in [-0.39, 0.29) is 30.6 Å². The second kappa shape index (κ2) is 11.9. The van der Waals surface area contributed by atoms with E-state index >= 15 is 0 Å². The largest absolute Gasteiger partial charge is 0.494 e. The molecule has 0 unspecified atom stereocenters. The molecule has 2 aromatic carbocycles. The van der Waals surface area contributed by atoms with Crippen molar-refractivity contribution in [3.8, 4) is 11.5 Å². The molecule has 0 saturated heterocycles. The molecule has 1 heterocycles. The van der Waals surface area contributed by atoms with E-state index < -0.39 is 0 Å². The third-order valence-electron chi connectivity index (χ3n) is 5.01. The fourth-order valence-corrected chi connectivity index (χ4v) is 3.79. The van der Waals surface area contributed by atoms with Gasteiger partial charge < -0.3 is 25.4 Å². The molecule has 34 heavy (non-hydrogen) atoms. The highest BCUT2D eigenvalue weighted by atomic mass is 32.1. The van der Waals surface area contributed by atoms with Crippen molar-refractivity contribution in [1.29, 1.82) is 0 Å². The van der Waals surface area contributed by atoms with Crippen LogP contribution in [-0.2, 0) is 16.0 Å². The van der Waals surface area contributed by atoms with Crippen LogP contribution in [0.15, 0.2) is 53.9 Å². The van der Waals surface area contributed by atoms with Crippen molar-refractivity contribution in [2.75, 3.05) is 30.2 Å². The Morgan fingerprint density at radius 1 is 0.824 bits per heavy atom. The molecule has 3 N–H and O–H groups in total. The molecular weight excluding hydrogens is 454 g/mol. The third-order valence-corrected chi connectivity index (χ3v) is 5.88. The number of benzene rings is 2. The Bertz CT molecular complexity index is 1140. The number of carbonyl (C=O) groups excluding carboxylic acids is 3. The first-order valence-electron chi connectivity index (χ1n) is 10.7. The third kappa shape index (κ3) is 6.58. The Balaban J connectivity index is 1.61. The van der Waals surface area contributed by atoms with Crippen LogP contribution in [0.4, 0.5) is 17.1 Å². The highest BCUT2D eigenvalue weighted by Crippen LogP contribution is 2.37. The molecule has 0 atom stereocenters. The first-order chi connectivity index (χ1) is 16.4. The van der Waals surface area contributed by atoms with Gasteiger partial charge in [0.25, 0.3) is 5.91 Å². The number of nitrogens with one attached hydrogen (secondary N) is 3. The molecule has 0 aliphatic heterocycles. The van der Waals surface area contributed by atoms with Crippen LogP contribution in [0.25, 0.3) is 0 Å². The molecule has 9 heteroatoms. The fraction of sp³-hybridized carbons (Fsp3) is 0.240. The highest BCUT2D eigenvalue weighted by Gasteiger charge is 2.17. The molecule has 0 spiro atoms. The van der Waals surface area contributed by atoms with Gasteiger partial charge in [-0.15, -0.1) is 11.3 Å². The molecular formula is C25H27N3O5S. The number of aryl methyl sites for hydroxylation is 1. The normalized spacial score (nSPS) is 10.3. The van der Waals surface area contributed by atoms with Crippen molar-refractivity contribution in [2.45, 2.75) is 26.2 Å². The summed E-state index contributed by atoms with van der Waals surface area (Å²) in [5.41, 5.74) is 2.64. The van der Waals surface area contributed by atoms with E-state index in [1.165, 1.54) is 31.1 Å². The zero-order valence-corrected chi connectivity index (χ0v) is 20.1. The molecule has 0 radical (unpaired) electrons. The summed E-state index contributed by atoms with van der Waals surface area (Å²) in [6.45, 7) is 2.06. The minimum absolute atomic E-state index is 0.0127. The lowest BCUT2D eigenvalue weighted by Gasteiger charge is -2.16. The lowest BCUT2D eigenvalue weighted by atomic mass is 10.1. The Hall–Kier alpha value is -3.85. The lowest BCUT2D eigenvalue weighted by Crippen LogP contribution is -2.18. The molecule has 0 aliphatic rings. The molecule has 0 aliphatic carbocycles. The number of rotatable bonds is 10. The number of ether oxygens (including phenoxy) is 2. The summed E-state index contributed by atoms with van der Waals surface area (Å²) in [5, 5.41) is 10.1. The van der Waals surface area contributed by atoms with Crippen LogP contribution in [-0.4, -0.2) is 31.9 Å². The van der Waals surface area contributed by atoms with Crippen molar-refractivity contribution < 1.29 is 23.9 Å². The van der Waals surface area contributed by atoms with E-state index in [4.69, 9.17) is 9.47 Å². The van der Waals surface area contributed by atoms with Crippen LogP contribution >= 0.6 is 11.3 Å². The number of thiophene rings is 1. The van der Waals surface area contributed by atoms with Gasteiger partial charge in [-0.05, 0) is 35.6 Å². The molecule has 178 valence electrons. The molecule has 3 rings (SSSR count). The van der Waals surface area contributed by atoms with Crippen molar-refractivity contribution in [3.05, 3.63) is 64.4 Å². The molecule has 8 nitrogen and oxygen atoms in total. The summed E-state index contributed by atoms with van der Waals surface area (Å²) in [4.78, 5) is 37.7. The minimum atomic E-state index is -0.354. The summed E-state index contributed by atoms with van der Waals surface area (Å²) >= 11 is 1.32. The predicted octanol–water partition coefficient (Wildman–Crippen LogP) is 4.94. The minimum Gasteiger partial charge on any atom is -0.494 e. The van der Waals surface area contributed by atoms with E-state index in [0.717, 1.165) is 6.42 Å². The zero-order chi connectivity index (χ0) is 24.5. The predicted molar refractivity (Wildman–Crippen MR) is 134 cm³/mol. The van der Waals surface area contributed by atoms with Gasteiger partial charge in [0.15, 0.2) is 0 Å². The lowest BCUT2D eigenvalue weighted by molar-refractivity contribution is -0.121. The molecule has 0 fully saturated rings. The van der Waals surface area contributed by atoms with Crippen LogP contribution in [0.2, 0.25) is 0 Å². The van der Waals surface area contributed by atoms with Crippen LogP contribution in [0, 0.1) is 0 Å². The van der Waals surface area contributed by atoms with E-state index in [9.17, 15) is 14.4 Å². The van der Waals surface area contributed by atoms with Gasteiger partial charge in [-0.1, -0.05) is 25.1 Å². The van der Waals surface area contributed by atoms with Crippen LogP contribution in [0.1, 0.15) is 35.0 Å². The average molecular weight is 482 g/mol. The van der Waals surface area contributed by atoms with Crippen molar-refractivity contribution >= 4 is 46.1 Å². The molecule has 0 saturated carbocycles. The molecule has 1 aromatic heterocycles.